The van der Waals surface area contributed by atoms with Crippen molar-refractivity contribution in [2.75, 3.05) is 39.9 Å². The molecule has 2 atom stereocenters. The van der Waals surface area contributed by atoms with Crippen molar-refractivity contribution < 1.29 is 4.74 Å². The first-order valence-electron chi connectivity index (χ1n) is 6.72. The molecule has 0 aromatic rings. The molecule has 0 aromatic carbocycles. The number of nitrogens with zero attached hydrogens (tertiary/aromatic N) is 1. The molecule has 1 fully saturated rings. The summed E-state index contributed by atoms with van der Waals surface area (Å²) in [5.74, 6) is 1.40. The second-order valence-electron chi connectivity index (χ2n) is 5.19. The van der Waals surface area contributed by atoms with Crippen LogP contribution in [0.25, 0.3) is 0 Å². The molecule has 2 unspecified atom stereocenters. The highest BCUT2D eigenvalue weighted by molar-refractivity contribution is 4.70. The number of nitrogens with two attached hydrogens (primary N) is 1. The predicted molar refractivity (Wildman–Crippen MR) is 68.5 cm³/mol. The zero-order valence-electron chi connectivity index (χ0n) is 11.0. The second-order valence-corrected chi connectivity index (χ2v) is 5.19. The number of hydrogen-bond acceptors (Lipinski definition) is 3. The molecule has 1 heterocycles. The average molecular weight is 228 g/mol. The van der Waals surface area contributed by atoms with Gasteiger partial charge in [-0.15, -0.1) is 0 Å². The van der Waals surface area contributed by atoms with Crippen LogP contribution in [0.15, 0.2) is 0 Å². The monoisotopic (exact) mass is 228 g/mol. The highest BCUT2D eigenvalue weighted by Gasteiger charge is 2.17. The van der Waals surface area contributed by atoms with Crippen LogP contribution in [0.1, 0.15) is 32.6 Å². The number of hydrogen-bond donors (Lipinski definition) is 1. The van der Waals surface area contributed by atoms with Gasteiger partial charge in [-0.25, -0.2) is 0 Å². The second kappa shape index (κ2) is 8.04. The zero-order valence-corrected chi connectivity index (χ0v) is 11.0. The third kappa shape index (κ3) is 5.28. The first kappa shape index (κ1) is 13.9. The van der Waals surface area contributed by atoms with Gasteiger partial charge in [0.25, 0.3) is 0 Å². The maximum atomic E-state index is 5.79. The first-order valence-corrected chi connectivity index (χ1v) is 6.72. The fraction of sp³-hybridized carbons (Fsp3) is 1.00. The number of ether oxygens (including phenoxy) is 1. The van der Waals surface area contributed by atoms with Gasteiger partial charge in [-0.05, 0) is 44.7 Å². The van der Waals surface area contributed by atoms with Crippen LogP contribution in [0.5, 0.6) is 0 Å². The van der Waals surface area contributed by atoms with Crippen LogP contribution in [0.4, 0.5) is 0 Å². The first-order chi connectivity index (χ1) is 7.76. The van der Waals surface area contributed by atoms with Gasteiger partial charge in [0.2, 0.25) is 0 Å². The summed E-state index contributed by atoms with van der Waals surface area (Å²) in [6.45, 7) is 7.27. The molecule has 1 aliphatic heterocycles. The largest absolute Gasteiger partial charge is 0.381 e. The van der Waals surface area contributed by atoms with Gasteiger partial charge in [0, 0.05) is 19.7 Å². The molecule has 0 spiro atoms. The SMILES string of the molecule is CCCC(CN)CN(C)CC1CCCOC1. The van der Waals surface area contributed by atoms with Crippen molar-refractivity contribution in [2.24, 2.45) is 17.6 Å². The van der Waals surface area contributed by atoms with Crippen LogP contribution >= 0.6 is 0 Å². The summed E-state index contributed by atoms with van der Waals surface area (Å²) < 4.78 is 5.51. The molecule has 1 aliphatic rings. The van der Waals surface area contributed by atoms with Crippen LogP contribution in [-0.4, -0.2) is 44.8 Å². The molecule has 1 saturated heterocycles. The Hall–Kier alpha value is -0.120. The summed E-state index contributed by atoms with van der Waals surface area (Å²) >= 11 is 0. The van der Waals surface area contributed by atoms with E-state index < -0.39 is 0 Å². The Balaban J connectivity index is 2.19. The smallest absolute Gasteiger partial charge is 0.0506 e. The fourth-order valence-corrected chi connectivity index (χ4v) is 2.60. The topological polar surface area (TPSA) is 38.5 Å². The molecule has 0 amide bonds. The Morgan fingerprint density at radius 1 is 1.50 bits per heavy atom. The molecule has 16 heavy (non-hydrogen) atoms. The van der Waals surface area contributed by atoms with Gasteiger partial charge in [0.1, 0.15) is 0 Å². The van der Waals surface area contributed by atoms with E-state index in [1.54, 1.807) is 0 Å². The quantitative estimate of drug-likeness (QED) is 0.721. The van der Waals surface area contributed by atoms with Gasteiger partial charge in [-0.3, -0.25) is 0 Å². The summed E-state index contributed by atoms with van der Waals surface area (Å²) in [6, 6.07) is 0. The van der Waals surface area contributed by atoms with Gasteiger partial charge in [-0.1, -0.05) is 13.3 Å². The van der Waals surface area contributed by atoms with Crippen molar-refractivity contribution >= 4 is 0 Å². The van der Waals surface area contributed by atoms with Crippen molar-refractivity contribution in [3.8, 4) is 0 Å². The average Bonchev–Trinajstić information content (AvgIpc) is 2.29. The van der Waals surface area contributed by atoms with Crippen molar-refractivity contribution in [1.82, 2.24) is 4.90 Å². The fourth-order valence-electron chi connectivity index (χ4n) is 2.60. The Kier molecular flexibility index (Phi) is 7.01. The van der Waals surface area contributed by atoms with E-state index >= 15 is 0 Å². The Labute approximate surface area is 100 Å². The number of rotatable bonds is 7. The van der Waals surface area contributed by atoms with Crippen LogP contribution in [-0.2, 0) is 4.74 Å². The third-order valence-electron chi connectivity index (χ3n) is 3.42. The third-order valence-corrected chi connectivity index (χ3v) is 3.42. The van der Waals surface area contributed by atoms with E-state index in [0.29, 0.717) is 5.92 Å². The van der Waals surface area contributed by atoms with Gasteiger partial charge >= 0.3 is 0 Å². The summed E-state index contributed by atoms with van der Waals surface area (Å²) in [7, 11) is 2.22. The van der Waals surface area contributed by atoms with Gasteiger partial charge < -0.3 is 15.4 Å². The summed E-state index contributed by atoms with van der Waals surface area (Å²) in [4.78, 5) is 2.44. The lowest BCUT2D eigenvalue weighted by Crippen LogP contribution is -2.35. The molecule has 2 N–H and O–H groups in total. The Morgan fingerprint density at radius 2 is 2.31 bits per heavy atom. The van der Waals surface area contributed by atoms with Crippen molar-refractivity contribution in [2.45, 2.75) is 32.6 Å². The molecule has 3 heteroatoms. The highest BCUT2D eigenvalue weighted by Crippen LogP contribution is 2.15. The highest BCUT2D eigenvalue weighted by atomic mass is 16.5. The molecule has 3 nitrogen and oxygen atoms in total. The molecule has 0 saturated carbocycles. The van der Waals surface area contributed by atoms with E-state index in [-0.39, 0.29) is 0 Å². The molecule has 0 aliphatic carbocycles. The molecule has 96 valence electrons. The Bertz CT molecular complexity index is 163. The summed E-state index contributed by atoms with van der Waals surface area (Å²) in [6.07, 6.45) is 5.05. The summed E-state index contributed by atoms with van der Waals surface area (Å²) in [5.41, 5.74) is 5.79. The van der Waals surface area contributed by atoms with Crippen molar-refractivity contribution in [3.63, 3.8) is 0 Å². The molecule has 0 aromatic heterocycles. The zero-order chi connectivity index (χ0) is 11.8. The van der Waals surface area contributed by atoms with Crippen LogP contribution < -0.4 is 5.73 Å². The normalized spacial score (nSPS) is 23.6. The van der Waals surface area contributed by atoms with Gasteiger partial charge in [-0.2, -0.15) is 0 Å². The molecule has 1 rings (SSSR count). The molecule has 0 radical (unpaired) electrons. The molecular weight excluding hydrogens is 200 g/mol. The van der Waals surface area contributed by atoms with E-state index in [0.717, 1.165) is 32.2 Å². The minimum atomic E-state index is 0.666. The lowest BCUT2D eigenvalue weighted by molar-refractivity contribution is 0.0401. The molecular formula is C13H28N2O. The van der Waals surface area contributed by atoms with Crippen LogP contribution in [0.2, 0.25) is 0 Å². The van der Waals surface area contributed by atoms with Crippen molar-refractivity contribution in [3.05, 3.63) is 0 Å². The maximum absolute atomic E-state index is 5.79. The van der Waals surface area contributed by atoms with Gasteiger partial charge in [0.15, 0.2) is 0 Å². The minimum absolute atomic E-state index is 0.666. The Morgan fingerprint density at radius 3 is 2.88 bits per heavy atom. The van der Waals surface area contributed by atoms with Gasteiger partial charge in [0.05, 0.1) is 6.61 Å². The van der Waals surface area contributed by atoms with E-state index in [1.165, 1.54) is 32.2 Å². The van der Waals surface area contributed by atoms with E-state index in [1.807, 2.05) is 0 Å². The maximum Gasteiger partial charge on any atom is 0.0506 e. The van der Waals surface area contributed by atoms with Crippen LogP contribution in [0, 0.1) is 11.8 Å². The van der Waals surface area contributed by atoms with E-state index in [9.17, 15) is 0 Å². The lowest BCUT2D eigenvalue weighted by Gasteiger charge is -2.29. The van der Waals surface area contributed by atoms with Crippen LogP contribution in [0.3, 0.4) is 0 Å². The lowest BCUT2D eigenvalue weighted by atomic mass is 10.00. The minimum Gasteiger partial charge on any atom is -0.381 e. The standard InChI is InChI=1S/C13H28N2O/c1-3-5-12(8-14)9-15(2)10-13-6-4-7-16-11-13/h12-13H,3-11,14H2,1-2H3. The summed E-state index contributed by atoms with van der Waals surface area (Å²) in [5, 5.41) is 0. The molecule has 0 bridgehead atoms. The van der Waals surface area contributed by atoms with E-state index in [4.69, 9.17) is 10.5 Å². The predicted octanol–water partition coefficient (Wildman–Crippen LogP) is 1.72. The van der Waals surface area contributed by atoms with E-state index in [2.05, 4.69) is 18.9 Å². The van der Waals surface area contributed by atoms with Crippen molar-refractivity contribution in [1.29, 1.82) is 0 Å².